The van der Waals surface area contributed by atoms with Crippen LogP contribution >= 0.6 is 0 Å². The van der Waals surface area contributed by atoms with Crippen LogP contribution in [0.4, 0.5) is 0 Å². The average molecular weight is 236 g/mol. The molecule has 0 aromatic carbocycles. The van der Waals surface area contributed by atoms with E-state index in [1.807, 2.05) is 0 Å². The minimum absolute atomic E-state index is 0.352. The van der Waals surface area contributed by atoms with Gasteiger partial charge in [0.1, 0.15) is 11.6 Å². The van der Waals surface area contributed by atoms with Gasteiger partial charge in [-0.25, -0.2) is 0 Å². The van der Waals surface area contributed by atoms with Crippen LogP contribution in [0.2, 0.25) is 0 Å². The third-order valence-corrected chi connectivity index (χ3v) is 3.53. The van der Waals surface area contributed by atoms with Gasteiger partial charge in [0.25, 0.3) is 0 Å². The van der Waals surface area contributed by atoms with E-state index in [9.17, 15) is 0 Å². The summed E-state index contributed by atoms with van der Waals surface area (Å²) in [4.78, 5) is 0. The van der Waals surface area contributed by atoms with E-state index >= 15 is 0 Å². The van der Waals surface area contributed by atoms with Gasteiger partial charge in [-0.1, -0.05) is 32.6 Å². The molecular weight excluding hydrogens is 212 g/mol. The predicted octanol–water partition coefficient (Wildman–Crippen LogP) is 2.46. The van der Waals surface area contributed by atoms with Crippen LogP contribution in [-0.2, 0) is 13.0 Å². The highest BCUT2D eigenvalue weighted by atomic mass is 15.3. The van der Waals surface area contributed by atoms with Crippen LogP contribution in [0.25, 0.3) is 0 Å². The highest BCUT2D eigenvalue weighted by Gasteiger charge is 2.20. The molecule has 0 spiro atoms. The summed E-state index contributed by atoms with van der Waals surface area (Å²) in [7, 11) is 0. The Hall–Kier alpha value is -0.900. The molecule has 0 saturated carbocycles. The predicted molar refractivity (Wildman–Crippen MR) is 68.9 cm³/mol. The number of hydrogen-bond acceptors (Lipinski definition) is 3. The monoisotopic (exact) mass is 236 g/mol. The molecule has 1 unspecified atom stereocenters. The highest BCUT2D eigenvalue weighted by Crippen LogP contribution is 2.17. The van der Waals surface area contributed by atoms with Crippen molar-refractivity contribution in [2.45, 2.75) is 65.0 Å². The number of aromatic nitrogens is 3. The minimum Gasteiger partial charge on any atom is -0.312 e. The van der Waals surface area contributed by atoms with E-state index < -0.39 is 0 Å². The molecule has 1 atom stereocenters. The molecule has 96 valence electrons. The number of nitrogens with zero attached hydrogens (tertiary/aromatic N) is 3. The van der Waals surface area contributed by atoms with E-state index in [2.05, 4.69) is 33.9 Å². The molecule has 0 fully saturated rings. The summed E-state index contributed by atoms with van der Waals surface area (Å²) in [5, 5.41) is 12.1. The summed E-state index contributed by atoms with van der Waals surface area (Å²) >= 11 is 0. The van der Waals surface area contributed by atoms with Gasteiger partial charge < -0.3 is 9.88 Å². The Morgan fingerprint density at radius 3 is 2.88 bits per heavy atom. The van der Waals surface area contributed by atoms with Crippen molar-refractivity contribution < 1.29 is 0 Å². The van der Waals surface area contributed by atoms with E-state index in [0.717, 1.165) is 25.3 Å². The molecule has 2 heterocycles. The largest absolute Gasteiger partial charge is 0.312 e. The van der Waals surface area contributed by atoms with Gasteiger partial charge in [0.05, 0.1) is 6.04 Å². The topological polar surface area (TPSA) is 42.7 Å². The first kappa shape index (κ1) is 12.6. The molecule has 1 aromatic rings. The Kier molecular flexibility index (Phi) is 4.54. The number of nitrogens with one attached hydrogen (secondary N) is 1. The third-order valence-electron chi connectivity index (χ3n) is 3.53. The van der Waals surface area contributed by atoms with Gasteiger partial charge in [0, 0.05) is 19.5 Å². The number of unbranched alkanes of at least 4 members (excludes halogenated alkanes) is 4. The summed E-state index contributed by atoms with van der Waals surface area (Å²) < 4.78 is 2.31. The molecule has 1 N–H and O–H groups in total. The van der Waals surface area contributed by atoms with Gasteiger partial charge in [-0.2, -0.15) is 0 Å². The van der Waals surface area contributed by atoms with E-state index in [0.29, 0.717) is 6.04 Å². The van der Waals surface area contributed by atoms with Crippen LogP contribution in [0.15, 0.2) is 0 Å². The van der Waals surface area contributed by atoms with Crippen molar-refractivity contribution >= 4 is 0 Å². The average Bonchev–Trinajstić information content (AvgIpc) is 2.74. The van der Waals surface area contributed by atoms with Crippen molar-refractivity contribution in [2.24, 2.45) is 0 Å². The maximum Gasteiger partial charge on any atom is 0.149 e. The van der Waals surface area contributed by atoms with Crippen molar-refractivity contribution in [2.75, 3.05) is 6.54 Å². The Bertz CT molecular complexity index is 345. The van der Waals surface area contributed by atoms with Crippen molar-refractivity contribution in [1.29, 1.82) is 0 Å². The summed E-state index contributed by atoms with van der Waals surface area (Å²) in [5.41, 5.74) is 0. The third kappa shape index (κ3) is 3.06. The molecule has 1 aliphatic rings. The molecule has 0 saturated heterocycles. The fourth-order valence-electron chi connectivity index (χ4n) is 2.47. The van der Waals surface area contributed by atoms with Gasteiger partial charge in [-0.3, -0.25) is 0 Å². The Morgan fingerprint density at radius 1 is 1.24 bits per heavy atom. The standard InChI is InChI=1S/C13H24N4/c1-3-4-5-6-7-8-12-15-16-13-11(2)14-9-10-17(12)13/h11,14H,3-10H2,1-2H3. The van der Waals surface area contributed by atoms with Crippen molar-refractivity contribution in [1.82, 2.24) is 20.1 Å². The molecule has 1 aromatic heterocycles. The minimum atomic E-state index is 0.352. The van der Waals surface area contributed by atoms with Crippen molar-refractivity contribution in [3.05, 3.63) is 11.6 Å². The molecule has 0 bridgehead atoms. The zero-order valence-electron chi connectivity index (χ0n) is 11.1. The molecule has 0 radical (unpaired) electrons. The molecule has 4 nitrogen and oxygen atoms in total. The fourth-order valence-corrected chi connectivity index (χ4v) is 2.47. The summed E-state index contributed by atoms with van der Waals surface area (Å²) in [6, 6.07) is 0.352. The second kappa shape index (κ2) is 6.15. The summed E-state index contributed by atoms with van der Waals surface area (Å²) in [6.45, 7) is 6.47. The first-order valence-electron chi connectivity index (χ1n) is 6.98. The zero-order chi connectivity index (χ0) is 12.1. The van der Waals surface area contributed by atoms with Crippen LogP contribution in [0, 0.1) is 0 Å². The van der Waals surface area contributed by atoms with Gasteiger partial charge in [-0.05, 0) is 13.3 Å². The SMILES string of the molecule is CCCCCCCc1nnc2n1CCNC2C. The zero-order valence-corrected chi connectivity index (χ0v) is 11.1. The van der Waals surface area contributed by atoms with E-state index in [1.165, 1.54) is 37.9 Å². The first-order chi connectivity index (χ1) is 8.33. The maximum atomic E-state index is 4.34. The lowest BCUT2D eigenvalue weighted by atomic mass is 10.1. The van der Waals surface area contributed by atoms with E-state index in [1.54, 1.807) is 0 Å². The molecule has 0 amide bonds. The van der Waals surface area contributed by atoms with Crippen LogP contribution in [-0.4, -0.2) is 21.3 Å². The van der Waals surface area contributed by atoms with Crippen LogP contribution in [0.5, 0.6) is 0 Å². The fraction of sp³-hybridized carbons (Fsp3) is 0.846. The van der Waals surface area contributed by atoms with Gasteiger partial charge in [0.15, 0.2) is 0 Å². The quantitative estimate of drug-likeness (QED) is 0.772. The van der Waals surface area contributed by atoms with Gasteiger partial charge in [0.2, 0.25) is 0 Å². The Morgan fingerprint density at radius 2 is 2.06 bits per heavy atom. The second-order valence-electron chi connectivity index (χ2n) is 4.97. The van der Waals surface area contributed by atoms with Gasteiger partial charge >= 0.3 is 0 Å². The van der Waals surface area contributed by atoms with Crippen LogP contribution < -0.4 is 5.32 Å². The van der Waals surface area contributed by atoms with Crippen LogP contribution in [0.3, 0.4) is 0 Å². The maximum absolute atomic E-state index is 4.34. The summed E-state index contributed by atoms with van der Waals surface area (Å²) in [5.74, 6) is 2.30. The molecule has 17 heavy (non-hydrogen) atoms. The highest BCUT2D eigenvalue weighted by molar-refractivity contribution is 5.03. The van der Waals surface area contributed by atoms with E-state index in [4.69, 9.17) is 0 Å². The van der Waals surface area contributed by atoms with E-state index in [-0.39, 0.29) is 0 Å². The normalized spacial score (nSPS) is 19.3. The summed E-state index contributed by atoms with van der Waals surface area (Å²) in [6.07, 6.45) is 7.69. The first-order valence-corrected chi connectivity index (χ1v) is 6.98. The molecule has 1 aliphatic heterocycles. The Balaban J connectivity index is 1.85. The van der Waals surface area contributed by atoms with Crippen molar-refractivity contribution in [3.8, 4) is 0 Å². The lowest BCUT2D eigenvalue weighted by Gasteiger charge is -2.21. The smallest absolute Gasteiger partial charge is 0.149 e. The Labute approximate surface area is 104 Å². The lowest BCUT2D eigenvalue weighted by Crippen LogP contribution is -2.32. The second-order valence-corrected chi connectivity index (χ2v) is 4.97. The molecule has 2 rings (SSSR count). The van der Waals surface area contributed by atoms with Gasteiger partial charge in [-0.15, -0.1) is 10.2 Å². The molecular formula is C13H24N4. The number of hydrogen-bond donors (Lipinski definition) is 1. The number of fused-ring (bicyclic) bond motifs is 1. The number of rotatable bonds is 6. The lowest BCUT2D eigenvalue weighted by molar-refractivity contribution is 0.428. The molecule has 4 heteroatoms. The molecule has 0 aliphatic carbocycles. The van der Waals surface area contributed by atoms with Crippen molar-refractivity contribution in [3.63, 3.8) is 0 Å². The number of aryl methyl sites for hydroxylation is 1. The van der Waals surface area contributed by atoms with Crippen LogP contribution in [0.1, 0.15) is 63.6 Å².